The van der Waals surface area contributed by atoms with Crippen LogP contribution in [0.3, 0.4) is 0 Å². The van der Waals surface area contributed by atoms with Crippen molar-refractivity contribution in [3.8, 4) is 0 Å². The minimum Gasteiger partial charge on any atom is -0.528 e. The van der Waals surface area contributed by atoms with Crippen molar-refractivity contribution >= 4 is 16.5 Å². The van der Waals surface area contributed by atoms with Crippen LogP contribution in [0.1, 0.15) is 0 Å². The fraction of sp³-hybridized carbons (Fsp3) is 0.500. The molecule has 0 aromatic rings. The quantitative estimate of drug-likeness (QED) is 0.384. The number of carbonyl (C=O) groups excluding carboxylic acids is 1. The van der Waals surface area contributed by atoms with Gasteiger partial charge in [-0.3, -0.25) is 4.79 Å². The highest BCUT2D eigenvalue weighted by Crippen LogP contribution is 1.59. The first-order valence-electron chi connectivity index (χ1n) is 1.58. The van der Waals surface area contributed by atoms with Gasteiger partial charge in [0.15, 0.2) is 0 Å². The van der Waals surface area contributed by atoms with Crippen LogP contribution in [0.15, 0.2) is 0 Å². The Bertz CT molecular complexity index is 49.5. The smallest absolute Gasteiger partial charge is 0.305 e. The summed E-state index contributed by atoms with van der Waals surface area (Å²) < 4.78 is 4.27. The predicted molar refractivity (Wildman–Crippen MR) is 25.1 cm³/mol. The lowest BCUT2D eigenvalue weighted by atomic mass is 10.7. The second kappa shape index (κ2) is 2.86. The van der Waals surface area contributed by atoms with Crippen molar-refractivity contribution in [2.45, 2.75) is 0 Å². The van der Waals surface area contributed by atoms with Crippen molar-refractivity contribution in [2.75, 3.05) is 6.54 Å². The summed E-state index contributed by atoms with van der Waals surface area (Å²) in [6.45, 7) is 0.00347. The molecule has 2 N–H and O–H groups in total. The zero-order chi connectivity index (χ0) is 4.99. The van der Waals surface area contributed by atoms with Gasteiger partial charge in [0.05, 0.1) is 6.54 Å². The summed E-state index contributed by atoms with van der Waals surface area (Å²) in [4.78, 5) is 9.87. The third-order valence-corrected chi connectivity index (χ3v) is 0.850. The van der Waals surface area contributed by atoms with Gasteiger partial charge in [-0.15, -0.1) is 0 Å². The van der Waals surface area contributed by atoms with Crippen LogP contribution in [0.4, 0.5) is 0 Å². The molecule has 0 aromatic heterocycles. The molecule has 0 saturated heterocycles. The van der Waals surface area contributed by atoms with Crippen LogP contribution in [-0.4, -0.2) is 23.0 Å². The maximum absolute atomic E-state index is 9.87. The van der Waals surface area contributed by atoms with E-state index in [1.807, 2.05) is 0 Å². The molecule has 0 bridgehead atoms. The molecule has 0 amide bonds. The number of hydrogen-bond donors (Lipinski definition) is 1. The van der Waals surface area contributed by atoms with Crippen LogP contribution in [0.25, 0.3) is 0 Å². The fourth-order valence-corrected chi connectivity index (χ4v) is 0.250. The van der Waals surface area contributed by atoms with Gasteiger partial charge in [-0.25, -0.2) is 0 Å². The largest absolute Gasteiger partial charge is 0.528 e. The monoisotopic (exact) mass is 105 g/mol. The van der Waals surface area contributed by atoms with Crippen LogP contribution in [0.2, 0.25) is 0 Å². The van der Waals surface area contributed by atoms with Crippen molar-refractivity contribution in [2.24, 2.45) is 5.73 Å². The van der Waals surface area contributed by atoms with Crippen LogP contribution < -0.4 is 5.73 Å². The van der Waals surface area contributed by atoms with Crippen LogP contribution >= 0.6 is 0 Å². The summed E-state index contributed by atoms with van der Waals surface area (Å²) in [5, 5.41) is 0. The Labute approximate surface area is 39.0 Å². The molecular weight excluding hydrogens is 98.1 g/mol. The van der Waals surface area contributed by atoms with Gasteiger partial charge in [-0.1, -0.05) is 0 Å². The molecule has 0 atom stereocenters. The third kappa shape index (κ3) is 1.92. The fourth-order valence-electron chi connectivity index (χ4n) is 0.0833. The van der Waals surface area contributed by atoms with Crippen molar-refractivity contribution < 1.29 is 9.22 Å². The molecule has 0 aliphatic heterocycles. The van der Waals surface area contributed by atoms with E-state index in [2.05, 4.69) is 4.43 Å². The van der Waals surface area contributed by atoms with E-state index in [1.54, 1.807) is 0 Å². The van der Waals surface area contributed by atoms with Crippen molar-refractivity contribution in [1.29, 1.82) is 0 Å². The van der Waals surface area contributed by atoms with Crippen LogP contribution in [0, 0.1) is 0 Å². The third-order valence-electron chi connectivity index (χ3n) is 0.394. The van der Waals surface area contributed by atoms with Gasteiger partial charge in [0, 0.05) is 0 Å². The minimum atomic E-state index is -0.318. The van der Waals surface area contributed by atoms with Crippen LogP contribution in [0.5, 0.6) is 0 Å². The zero-order valence-electron chi connectivity index (χ0n) is 3.60. The minimum absolute atomic E-state index is 0.00347. The van der Waals surface area contributed by atoms with E-state index in [1.165, 1.54) is 0 Å². The molecule has 4 heteroatoms. The lowest BCUT2D eigenvalue weighted by Crippen LogP contribution is -2.14. The van der Waals surface area contributed by atoms with Gasteiger partial charge in [0.1, 0.15) is 0 Å². The Morgan fingerprint density at radius 1 is 2.00 bits per heavy atom. The standard InChI is InChI=1S/C2H7NO2Si/c3-1-2(4)5-6/h1,3H2,6H3. The number of hydrogen-bond acceptors (Lipinski definition) is 3. The normalized spacial score (nSPS) is 8.17. The summed E-state index contributed by atoms with van der Waals surface area (Å²) in [5.74, 6) is -0.318. The van der Waals surface area contributed by atoms with E-state index >= 15 is 0 Å². The Balaban J connectivity index is 2.99. The summed E-state index contributed by atoms with van der Waals surface area (Å²) >= 11 is 0. The van der Waals surface area contributed by atoms with E-state index < -0.39 is 0 Å². The topological polar surface area (TPSA) is 52.3 Å². The van der Waals surface area contributed by atoms with Gasteiger partial charge in [-0.05, 0) is 0 Å². The highest BCUT2D eigenvalue weighted by atomic mass is 28.2. The summed E-state index contributed by atoms with van der Waals surface area (Å²) in [6, 6.07) is 0. The molecule has 0 rings (SSSR count). The molecule has 6 heavy (non-hydrogen) atoms. The first-order valence-corrected chi connectivity index (χ1v) is 2.39. The molecule has 0 spiro atoms. The zero-order valence-corrected chi connectivity index (χ0v) is 5.60. The van der Waals surface area contributed by atoms with Gasteiger partial charge >= 0.3 is 5.97 Å². The first-order chi connectivity index (χ1) is 2.81. The van der Waals surface area contributed by atoms with E-state index in [0.29, 0.717) is 10.5 Å². The molecule has 3 nitrogen and oxygen atoms in total. The molecule has 0 aromatic carbocycles. The summed E-state index contributed by atoms with van der Waals surface area (Å²) in [6.07, 6.45) is 0. The average Bonchev–Trinajstić information content (AvgIpc) is 1.65. The summed E-state index contributed by atoms with van der Waals surface area (Å²) in [5.41, 5.74) is 4.83. The van der Waals surface area contributed by atoms with Crippen molar-refractivity contribution in [1.82, 2.24) is 0 Å². The maximum Gasteiger partial charge on any atom is 0.305 e. The van der Waals surface area contributed by atoms with E-state index in [-0.39, 0.29) is 12.5 Å². The molecule has 0 radical (unpaired) electrons. The van der Waals surface area contributed by atoms with Gasteiger partial charge in [0.25, 0.3) is 0 Å². The Morgan fingerprint density at radius 2 is 2.50 bits per heavy atom. The van der Waals surface area contributed by atoms with Gasteiger partial charge in [-0.2, -0.15) is 0 Å². The highest BCUT2D eigenvalue weighted by molar-refractivity contribution is 6.05. The molecule has 0 heterocycles. The molecule has 36 valence electrons. The molecule has 0 aliphatic rings. The molecule has 0 aliphatic carbocycles. The first kappa shape index (κ1) is 5.65. The maximum atomic E-state index is 9.87. The van der Waals surface area contributed by atoms with E-state index in [4.69, 9.17) is 5.73 Å². The Kier molecular flexibility index (Phi) is 2.69. The predicted octanol–water partition coefficient (Wildman–Crippen LogP) is -2.23. The Hall–Kier alpha value is -0.353. The second-order valence-electron chi connectivity index (χ2n) is 0.780. The van der Waals surface area contributed by atoms with Crippen molar-refractivity contribution in [3.05, 3.63) is 0 Å². The lowest BCUT2D eigenvalue weighted by molar-refractivity contribution is -0.132. The van der Waals surface area contributed by atoms with Crippen molar-refractivity contribution in [3.63, 3.8) is 0 Å². The SMILES string of the molecule is NCC(=O)O[SiH3]. The molecular formula is C2H7NO2Si. The molecule has 0 fully saturated rings. The van der Waals surface area contributed by atoms with E-state index in [9.17, 15) is 4.79 Å². The van der Waals surface area contributed by atoms with Gasteiger partial charge < -0.3 is 10.2 Å². The second-order valence-corrected chi connectivity index (χ2v) is 1.19. The number of carbonyl (C=O) groups is 1. The number of nitrogens with two attached hydrogens (primary N) is 1. The lowest BCUT2D eigenvalue weighted by Gasteiger charge is -1.88. The van der Waals surface area contributed by atoms with E-state index in [0.717, 1.165) is 0 Å². The Morgan fingerprint density at radius 3 is 2.50 bits per heavy atom. The molecule has 0 unspecified atom stereocenters. The number of rotatable bonds is 1. The summed E-state index contributed by atoms with van der Waals surface area (Å²) in [7, 11) is 0.453. The van der Waals surface area contributed by atoms with Gasteiger partial charge in [0.2, 0.25) is 10.5 Å². The average molecular weight is 105 g/mol. The van der Waals surface area contributed by atoms with Crippen LogP contribution in [-0.2, 0) is 9.22 Å². The highest BCUT2D eigenvalue weighted by Gasteiger charge is 1.86. The molecule has 0 saturated carbocycles.